The Morgan fingerprint density at radius 3 is 1.32 bits per heavy atom. The number of carboxylic acids is 2. The van der Waals surface area contributed by atoms with E-state index in [0.29, 0.717) is 11.8 Å². The first-order valence-corrected chi connectivity index (χ1v) is 17.3. The average Bonchev–Trinajstić information content (AvgIpc) is 2.96. The van der Waals surface area contributed by atoms with Crippen LogP contribution in [0.5, 0.6) is 0 Å². The summed E-state index contributed by atoms with van der Waals surface area (Å²) >= 11 is 0. The Kier molecular flexibility index (Phi) is 8.66. The van der Waals surface area contributed by atoms with Crippen LogP contribution in [-0.4, -0.2) is 22.2 Å². The molecule has 0 spiro atoms. The van der Waals surface area contributed by atoms with Crippen molar-refractivity contribution in [3.63, 3.8) is 0 Å². The lowest BCUT2D eigenvalue weighted by Crippen LogP contribution is -2.52. The summed E-state index contributed by atoms with van der Waals surface area (Å²) in [6.07, 6.45) is 9.98. The highest BCUT2D eigenvalue weighted by atomic mass is 16.4. The Bertz CT molecular complexity index is 1310. The van der Waals surface area contributed by atoms with Crippen molar-refractivity contribution in [3.05, 3.63) is 69.8 Å². The van der Waals surface area contributed by atoms with Gasteiger partial charge in [0.1, 0.15) is 0 Å². The molecule has 44 heavy (non-hydrogen) atoms. The number of benzene rings is 2. The zero-order valence-electron chi connectivity index (χ0n) is 28.6. The van der Waals surface area contributed by atoms with Gasteiger partial charge in [0.15, 0.2) is 0 Å². The molecule has 2 aromatic rings. The largest absolute Gasteiger partial charge is 0.481 e. The predicted molar refractivity (Wildman–Crippen MR) is 179 cm³/mol. The summed E-state index contributed by atoms with van der Waals surface area (Å²) in [4.78, 5) is 23.9. The zero-order valence-corrected chi connectivity index (χ0v) is 28.6. The first-order valence-electron chi connectivity index (χ1n) is 17.3. The average molecular weight is 601 g/mol. The molecule has 0 saturated heterocycles. The number of aliphatic carboxylic acids is 2. The molecule has 4 heteroatoms. The van der Waals surface area contributed by atoms with E-state index in [2.05, 4.69) is 77.9 Å². The summed E-state index contributed by atoms with van der Waals surface area (Å²) in [6.45, 7) is 17.5. The third-order valence-electron chi connectivity index (χ3n) is 13.1. The molecule has 2 N–H and O–H groups in total. The van der Waals surface area contributed by atoms with Crippen LogP contribution in [0.25, 0.3) is 0 Å². The summed E-state index contributed by atoms with van der Waals surface area (Å²) in [5, 5.41) is 19.6. The quantitative estimate of drug-likeness (QED) is 0.366. The highest BCUT2D eigenvalue weighted by Crippen LogP contribution is 2.58. The van der Waals surface area contributed by atoms with Gasteiger partial charge in [-0.05, 0) is 133 Å². The molecule has 0 heterocycles. The van der Waals surface area contributed by atoms with E-state index in [1.807, 2.05) is 13.8 Å². The first-order chi connectivity index (χ1) is 20.6. The number of aryl methyl sites for hydroxylation is 2. The summed E-state index contributed by atoms with van der Waals surface area (Å²) in [5.74, 6) is 0.390. The fraction of sp³-hybridized carbons (Fsp3) is 0.650. The van der Waals surface area contributed by atoms with Gasteiger partial charge in [0, 0.05) is 0 Å². The maximum absolute atomic E-state index is 11.9. The Balaban J connectivity index is 0.000000175. The van der Waals surface area contributed by atoms with Crippen LogP contribution in [0.2, 0.25) is 0 Å². The van der Waals surface area contributed by atoms with Gasteiger partial charge in [0.25, 0.3) is 0 Å². The third-order valence-corrected chi connectivity index (χ3v) is 13.1. The molecule has 0 amide bonds. The second-order valence-corrected chi connectivity index (χ2v) is 16.3. The smallest absolute Gasteiger partial charge is 0.309 e. The molecule has 4 nitrogen and oxygen atoms in total. The van der Waals surface area contributed by atoms with Gasteiger partial charge in [0.2, 0.25) is 0 Å². The number of rotatable bonds is 4. The van der Waals surface area contributed by atoms with Gasteiger partial charge in [-0.1, -0.05) is 90.8 Å². The van der Waals surface area contributed by atoms with Crippen molar-refractivity contribution in [2.75, 3.05) is 0 Å². The van der Waals surface area contributed by atoms with Gasteiger partial charge < -0.3 is 10.2 Å². The predicted octanol–water partition coefficient (Wildman–Crippen LogP) is 9.81. The highest BCUT2D eigenvalue weighted by Gasteiger charge is 2.56. The van der Waals surface area contributed by atoms with Crippen molar-refractivity contribution >= 4 is 11.9 Å². The Hall–Kier alpha value is -2.62. The molecule has 2 fully saturated rings. The van der Waals surface area contributed by atoms with Crippen molar-refractivity contribution < 1.29 is 19.8 Å². The lowest BCUT2D eigenvalue weighted by Gasteiger charge is -2.53. The number of hydrogen-bond acceptors (Lipinski definition) is 2. The molecular weight excluding hydrogens is 544 g/mol. The van der Waals surface area contributed by atoms with Crippen molar-refractivity contribution in [3.8, 4) is 0 Å². The second kappa shape index (κ2) is 11.6. The normalized spacial score (nSPS) is 34.1. The second-order valence-electron chi connectivity index (χ2n) is 16.3. The molecule has 0 aromatic heterocycles. The molecule has 0 radical (unpaired) electrons. The number of fused-ring (bicyclic) bond motifs is 6. The van der Waals surface area contributed by atoms with E-state index in [0.717, 1.165) is 64.2 Å². The summed E-state index contributed by atoms with van der Waals surface area (Å²) in [5.41, 5.74) is 7.46. The van der Waals surface area contributed by atoms with Crippen molar-refractivity contribution in [2.45, 2.75) is 142 Å². The van der Waals surface area contributed by atoms with Crippen molar-refractivity contribution in [1.29, 1.82) is 0 Å². The van der Waals surface area contributed by atoms with E-state index in [9.17, 15) is 19.8 Å². The summed E-state index contributed by atoms with van der Waals surface area (Å²) in [7, 11) is 0. The van der Waals surface area contributed by atoms with Crippen LogP contribution in [0, 0.1) is 22.7 Å². The maximum atomic E-state index is 11.9. The van der Waals surface area contributed by atoms with Crippen molar-refractivity contribution in [2.24, 2.45) is 22.7 Å². The van der Waals surface area contributed by atoms with Gasteiger partial charge in [0.05, 0.1) is 10.8 Å². The van der Waals surface area contributed by atoms with Crippen LogP contribution in [0.3, 0.4) is 0 Å². The van der Waals surface area contributed by atoms with Gasteiger partial charge in [-0.3, -0.25) is 9.59 Å². The molecular formula is C40H56O4. The molecule has 0 unspecified atom stereocenters. The van der Waals surface area contributed by atoms with Gasteiger partial charge in [-0.25, -0.2) is 0 Å². The first kappa shape index (κ1) is 32.8. The molecule has 2 saturated carbocycles. The summed E-state index contributed by atoms with van der Waals surface area (Å²) < 4.78 is 0. The van der Waals surface area contributed by atoms with Gasteiger partial charge in [-0.15, -0.1) is 0 Å². The van der Waals surface area contributed by atoms with E-state index in [1.54, 1.807) is 0 Å². The minimum absolute atomic E-state index is 0.0223. The van der Waals surface area contributed by atoms with Gasteiger partial charge >= 0.3 is 11.9 Å². The van der Waals surface area contributed by atoms with Crippen LogP contribution in [-0.2, 0) is 33.3 Å². The number of carbonyl (C=O) groups is 2. The molecule has 4 aliphatic rings. The van der Waals surface area contributed by atoms with Gasteiger partial charge in [-0.2, -0.15) is 0 Å². The monoisotopic (exact) mass is 600 g/mol. The minimum Gasteiger partial charge on any atom is -0.481 e. The summed E-state index contributed by atoms with van der Waals surface area (Å²) in [6, 6.07) is 13.8. The minimum atomic E-state index is -0.606. The maximum Gasteiger partial charge on any atom is 0.309 e. The number of hydrogen-bond donors (Lipinski definition) is 2. The Labute approximate surface area is 266 Å². The molecule has 240 valence electrons. The fourth-order valence-corrected chi connectivity index (χ4v) is 10.3. The molecule has 6 atom stereocenters. The SMILES string of the molecule is CC(C)c1ccc2c(c1)CC[C@H]1[C@@]2(C)CCC[C@]1(C)C(=O)O.CC(C)c1ccc2c(c1)CC[C@H]1[C@@]2(C)CCC[C@]1(C)C(=O)O. The topological polar surface area (TPSA) is 74.6 Å². The van der Waals surface area contributed by atoms with E-state index in [-0.39, 0.29) is 22.7 Å². The molecule has 2 aromatic carbocycles. The Morgan fingerprint density at radius 1 is 0.636 bits per heavy atom. The lowest BCUT2D eigenvalue weighted by molar-refractivity contribution is -0.158. The van der Waals surface area contributed by atoms with Crippen LogP contribution in [0.4, 0.5) is 0 Å². The van der Waals surface area contributed by atoms with Crippen LogP contribution < -0.4 is 0 Å². The molecule has 0 aliphatic heterocycles. The Morgan fingerprint density at radius 2 is 1.00 bits per heavy atom. The standard InChI is InChI=1S/2C20H28O2/c2*1-13(2)14-6-8-16-15(12-14)7-9-17-19(16,3)10-5-11-20(17,4)18(21)22/h2*6,8,12-13,17H,5,7,9-11H2,1-4H3,(H,21,22)/t2*17-,19-,20-/m00/s1. The molecule has 6 rings (SSSR count). The number of carboxylic acid groups (broad SMARTS) is 2. The van der Waals surface area contributed by atoms with Crippen LogP contribution in [0.15, 0.2) is 36.4 Å². The zero-order chi connectivity index (χ0) is 32.2. The van der Waals surface area contributed by atoms with Crippen LogP contribution in [0.1, 0.15) is 152 Å². The lowest BCUT2D eigenvalue weighted by atomic mass is 9.50. The van der Waals surface area contributed by atoms with Crippen LogP contribution >= 0.6 is 0 Å². The van der Waals surface area contributed by atoms with E-state index < -0.39 is 22.8 Å². The third kappa shape index (κ3) is 5.22. The van der Waals surface area contributed by atoms with E-state index in [1.165, 1.54) is 33.4 Å². The molecule has 0 bridgehead atoms. The fourth-order valence-electron chi connectivity index (χ4n) is 10.3. The molecule has 4 aliphatic carbocycles. The highest BCUT2D eigenvalue weighted by molar-refractivity contribution is 5.76. The van der Waals surface area contributed by atoms with Crippen molar-refractivity contribution in [1.82, 2.24) is 0 Å². The van der Waals surface area contributed by atoms with E-state index in [4.69, 9.17) is 0 Å². The van der Waals surface area contributed by atoms with E-state index >= 15 is 0 Å².